The average molecular weight is 418 g/mol. The molecule has 156 valence electrons. The van der Waals surface area contributed by atoms with Crippen LogP contribution in [0.4, 0.5) is 5.69 Å². The molecule has 0 saturated carbocycles. The van der Waals surface area contributed by atoms with E-state index in [9.17, 15) is 13.2 Å². The predicted molar refractivity (Wildman–Crippen MR) is 113 cm³/mol. The largest absolute Gasteiger partial charge is 0.496 e. The van der Waals surface area contributed by atoms with E-state index < -0.39 is 10.0 Å². The van der Waals surface area contributed by atoms with Gasteiger partial charge in [-0.05, 0) is 55.7 Å². The van der Waals surface area contributed by atoms with E-state index in [0.717, 1.165) is 24.3 Å². The fourth-order valence-corrected chi connectivity index (χ4v) is 4.39. The van der Waals surface area contributed by atoms with Crippen LogP contribution >= 0.6 is 0 Å². The van der Waals surface area contributed by atoms with E-state index in [1.807, 2.05) is 24.3 Å². The Labute approximate surface area is 172 Å². The van der Waals surface area contributed by atoms with Crippen LogP contribution < -0.4 is 19.7 Å². The molecule has 0 radical (unpaired) electrons. The molecule has 0 unspecified atom stereocenters. The van der Waals surface area contributed by atoms with Gasteiger partial charge in [0.15, 0.2) is 0 Å². The van der Waals surface area contributed by atoms with Crippen molar-refractivity contribution < 1.29 is 17.9 Å². The molecule has 2 N–H and O–H groups in total. The van der Waals surface area contributed by atoms with Crippen LogP contribution in [0.1, 0.15) is 35.7 Å². The lowest BCUT2D eigenvalue weighted by Crippen LogP contribution is -2.26. The van der Waals surface area contributed by atoms with Gasteiger partial charge in [-0.3, -0.25) is 4.79 Å². The number of hydrogen-bond acceptors (Lipinski definition) is 5. The van der Waals surface area contributed by atoms with Gasteiger partial charge < -0.3 is 15.0 Å². The van der Waals surface area contributed by atoms with Crippen molar-refractivity contribution >= 4 is 21.6 Å². The van der Waals surface area contributed by atoms with Crippen LogP contribution in [0.15, 0.2) is 47.4 Å². The highest BCUT2D eigenvalue weighted by atomic mass is 32.2. The Morgan fingerprint density at radius 2 is 1.79 bits per heavy atom. The number of sulfonamides is 1. The third-order valence-corrected chi connectivity index (χ3v) is 6.34. The van der Waals surface area contributed by atoms with Crippen molar-refractivity contribution in [3.8, 4) is 5.75 Å². The molecule has 0 bridgehead atoms. The zero-order valence-corrected chi connectivity index (χ0v) is 17.6. The molecule has 1 amide bonds. The number of carbonyl (C=O) groups is 1. The molecule has 1 fully saturated rings. The lowest BCUT2D eigenvalue weighted by atomic mass is 10.2. The third-order valence-electron chi connectivity index (χ3n) is 4.94. The van der Waals surface area contributed by atoms with Gasteiger partial charge in [-0.25, -0.2) is 13.1 Å². The summed E-state index contributed by atoms with van der Waals surface area (Å²) in [6, 6.07) is 12.2. The molecular formula is C21H27N3O4S. The number of amides is 1. The highest BCUT2D eigenvalue weighted by molar-refractivity contribution is 7.89. The monoisotopic (exact) mass is 417 g/mol. The van der Waals surface area contributed by atoms with E-state index in [0.29, 0.717) is 12.3 Å². The topological polar surface area (TPSA) is 87.7 Å². The normalized spacial score (nSPS) is 14.1. The van der Waals surface area contributed by atoms with Crippen molar-refractivity contribution in [1.82, 2.24) is 10.0 Å². The molecule has 0 aromatic heterocycles. The van der Waals surface area contributed by atoms with Gasteiger partial charge in [0.2, 0.25) is 10.0 Å². The number of hydrogen-bond donors (Lipinski definition) is 2. The Morgan fingerprint density at radius 3 is 2.41 bits per heavy atom. The molecule has 29 heavy (non-hydrogen) atoms. The fourth-order valence-electron chi connectivity index (χ4n) is 3.35. The SMILES string of the molecule is CCNC(=O)c1cc(S(=O)(=O)NCc2ccc(N3CCCC3)cc2)ccc1OC. The second-order valence-corrected chi connectivity index (χ2v) is 8.67. The van der Waals surface area contributed by atoms with Gasteiger partial charge in [-0.2, -0.15) is 0 Å². The molecule has 0 aliphatic carbocycles. The summed E-state index contributed by atoms with van der Waals surface area (Å²) in [5.41, 5.74) is 2.22. The summed E-state index contributed by atoms with van der Waals surface area (Å²) in [7, 11) is -2.34. The number of nitrogens with one attached hydrogen (secondary N) is 2. The van der Waals surface area contributed by atoms with Gasteiger partial charge in [-0.1, -0.05) is 12.1 Å². The average Bonchev–Trinajstić information content (AvgIpc) is 3.27. The van der Waals surface area contributed by atoms with Crippen LogP contribution in [0, 0.1) is 0 Å². The summed E-state index contributed by atoms with van der Waals surface area (Å²) in [5.74, 6) is -0.0497. The molecule has 2 aromatic rings. The number of ether oxygens (including phenoxy) is 1. The Kier molecular flexibility index (Phi) is 6.76. The van der Waals surface area contributed by atoms with Gasteiger partial charge in [0.25, 0.3) is 5.91 Å². The van der Waals surface area contributed by atoms with Crippen LogP contribution in [-0.4, -0.2) is 41.1 Å². The predicted octanol–water partition coefficient (Wildman–Crippen LogP) is 2.52. The quantitative estimate of drug-likeness (QED) is 0.689. The molecule has 7 nitrogen and oxygen atoms in total. The van der Waals surface area contributed by atoms with Gasteiger partial charge >= 0.3 is 0 Å². The molecule has 0 spiro atoms. The zero-order chi connectivity index (χ0) is 20.9. The first-order chi connectivity index (χ1) is 13.9. The molecule has 1 saturated heterocycles. The van der Waals surface area contributed by atoms with Crippen LogP contribution in [0.5, 0.6) is 5.75 Å². The van der Waals surface area contributed by atoms with E-state index in [-0.39, 0.29) is 22.9 Å². The molecule has 0 atom stereocenters. The minimum absolute atomic E-state index is 0.0215. The van der Waals surface area contributed by atoms with Gasteiger partial charge in [0.05, 0.1) is 17.6 Å². The van der Waals surface area contributed by atoms with Crippen molar-refractivity contribution in [2.75, 3.05) is 31.6 Å². The first-order valence-electron chi connectivity index (χ1n) is 9.74. The summed E-state index contributed by atoms with van der Waals surface area (Å²) < 4.78 is 33.2. The van der Waals surface area contributed by atoms with Crippen molar-refractivity contribution in [3.63, 3.8) is 0 Å². The Hall–Kier alpha value is -2.58. The maximum absolute atomic E-state index is 12.7. The van der Waals surface area contributed by atoms with Gasteiger partial charge in [0, 0.05) is 31.9 Å². The number of nitrogens with zero attached hydrogens (tertiary/aromatic N) is 1. The molecule has 3 rings (SSSR count). The first kappa shape index (κ1) is 21.1. The van der Waals surface area contributed by atoms with Crippen molar-refractivity contribution in [2.24, 2.45) is 0 Å². The van der Waals surface area contributed by atoms with Crippen molar-refractivity contribution in [2.45, 2.75) is 31.2 Å². The molecule has 1 aliphatic heterocycles. The first-order valence-corrected chi connectivity index (χ1v) is 11.2. The number of methoxy groups -OCH3 is 1. The minimum Gasteiger partial charge on any atom is -0.496 e. The Balaban J connectivity index is 1.72. The summed E-state index contributed by atoms with van der Waals surface area (Å²) in [6.07, 6.45) is 2.42. The second-order valence-electron chi connectivity index (χ2n) is 6.91. The summed E-state index contributed by atoms with van der Waals surface area (Å²) in [5, 5.41) is 2.66. The maximum Gasteiger partial charge on any atom is 0.255 e. The lowest BCUT2D eigenvalue weighted by molar-refractivity contribution is 0.0952. The second kappa shape index (κ2) is 9.28. The van der Waals surface area contributed by atoms with E-state index in [1.165, 1.54) is 38.2 Å². The highest BCUT2D eigenvalue weighted by Gasteiger charge is 2.19. The smallest absolute Gasteiger partial charge is 0.255 e. The van der Waals surface area contributed by atoms with Gasteiger partial charge in [0.1, 0.15) is 5.75 Å². The van der Waals surface area contributed by atoms with Crippen LogP contribution in [0.3, 0.4) is 0 Å². The fraction of sp³-hybridized carbons (Fsp3) is 0.381. The number of rotatable bonds is 8. The van der Waals surface area contributed by atoms with Crippen LogP contribution in [-0.2, 0) is 16.6 Å². The highest BCUT2D eigenvalue weighted by Crippen LogP contribution is 2.23. The summed E-state index contributed by atoms with van der Waals surface area (Å²) >= 11 is 0. The molecule has 2 aromatic carbocycles. The number of anilines is 1. The molecular weight excluding hydrogens is 390 g/mol. The van der Waals surface area contributed by atoms with E-state index in [1.54, 1.807) is 6.92 Å². The lowest BCUT2D eigenvalue weighted by Gasteiger charge is -2.17. The Bertz CT molecular complexity index is 952. The number of carbonyl (C=O) groups excluding carboxylic acids is 1. The van der Waals surface area contributed by atoms with Crippen LogP contribution in [0.25, 0.3) is 0 Å². The van der Waals surface area contributed by atoms with E-state index in [4.69, 9.17) is 4.74 Å². The summed E-state index contributed by atoms with van der Waals surface area (Å²) in [6.45, 7) is 4.53. The summed E-state index contributed by atoms with van der Waals surface area (Å²) in [4.78, 5) is 14.6. The van der Waals surface area contributed by atoms with Crippen molar-refractivity contribution in [3.05, 3.63) is 53.6 Å². The maximum atomic E-state index is 12.7. The molecule has 8 heteroatoms. The molecule has 1 heterocycles. The standard InChI is InChI=1S/C21H27N3O4S/c1-3-22-21(25)19-14-18(10-11-20(19)28-2)29(26,27)23-15-16-6-8-17(9-7-16)24-12-4-5-13-24/h6-11,14,23H,3-5,12-13,15H2,1-2H3,(H,22,25). The van der Waals surface area contributed by atoms with E-state index >= 15 is 0 Å². The number of benzene rings is 2. The van der Waals surface area contributed by atoms with Crippen LogP contribution in [0.2, 0.25) is 0 Å². The van der Waals surface area contributed by atoms with Gasteiger partial charge in [-0.15, -0.1) is 0 Å². The van der Waals surface area contributed by atoms with E-state index in [2.05, 4.69) is 14.9 Å². The zero-order valence-electron chi connectivity index (χ0n) is 16.8. The van der Waals surface area contributed by atoms with Crippen molar-refractivity contribution in [1.29, 1.82) is 0 Å². The minimum atomic E-state index is -3.78. The third kappa shape index (κ3) is 5.07. The Morgan fingerprint density at radius 1 is 1.10 bits per heavy atom. The molecule has 1 aliphatic rings.